The maximum absolute atomic E-state index is 11.4. The van der Waals surface area contributed by atoms with Crippen LogP contribution in [-0.4, -0.2) is 25.6 Å². The summed E-state index contributed by atoms with van der Waals surface area (Å²) in [5, 5.41) is 17.0. The van der Waals surface area contributed by atoms with Gasteiger partial charge in [-0.15, -0.1) is 16.4 Å². The van der Waals surface area contributed by atoms with Crippen molar-refractivity contribution in [3.05, 3.63) is 46.6 Å². The first-order valence-electron chi connectivity index (χ1n) is 8.58. The predicted molar refractivity (Wildman–Crippen MR) is 97.1 cm³/mol. The van der Waals surface area contributed by atoms with Crippen molar-refractivity contribution in [3.63, 3.8) is 0 Å². The molecule has 0 aliphatic heterocycles. The minimum Gasteiger partial charge on any atom is -0.545 e. The van der Waals surface area contributed by atoms with Crippen LogP contribution in [0.15, 0.2) is 30.6 Å². The Morgan fingerprint density at radius 3 is 3.04 bits per heavy atom. The van der Waals surface area contributed by atoms with Crippen molar-refractivity contribution < 1.29 is 9.90 Å². The fraction of sp³-hybridized carbons (Fsp3) is 0.263. The van der Waals surface area contributed by atoms with Crippen LogP contribution in [0.5, 0.6) is 0 Å². The molecule has 3 aromatic heterocycles. The normalized spacial score (nSPS) is 16.9. The Morgan fingerprint density at radius 2 is 2.19 bits per heavy atom. The van der Waals surface area contributed by atoms with Gasteiger partial charge in [0.25, 0.3) is 0 Å². The molecule has 0 spiro atoms. The van der Waals surface area contributed by atoms with Gasteiger partial charge in [-0.05, 0) is 30.7 Å². The summed E-state index contributed by atoms with van der Waals surface area (Å²) in [6, 6.07) is 6.66. The molecule has 1 aliphatic carbocycles. The summed E-state index contributed by atoms with van der Waals surface area (Å²) in [6.07, 6.45) is 4.96. The Hall–Kier alpha value is -2.80. The maximum Gasteiger partial charge on any atom is 0.182 e. The number of carbonyl (C=O) groups is 1. The van der Waals surface area contributed by atoms with Gasteiger partial charge >= 0.3 is 0 Å². The highest BCUT2D eigenvalue weighted by atomic mass is 32.1. The quantitative estimate of drug-likeness (QED) is 0.546. The number of rotatable bonds is 2. The summed E-state index contributed by atoms with van der Waals surface area (Å²) in [5.74, 6) is -0.214. The number of nitrogens with zero attached hydrogens (tertiary/aromatic N) is 4. The van der Waals surface area contributed by atoms with Gasteiger partial charge in [-0.25, -0.2) is 14.5 Å². The van der Waals surface area contributed by atoms with Crippen LogP contribution in [0.3, 0.4) is 0 Å². The number of aromatic carboxylic acids is 1. The van der Waals surface area contributed by atoms with E-state index in [4.69, 9.17) is 0 Å². The first-order chi connectivity index (χ1) is 12.6. The molecular formula is C19H15N4O2S-. The van der Waals surface area contributed by atoms with E-state index in [1.165, 1.54) is 22.9 Å². The molecule has 0 amide bonds. The van der Waals surface area contributed by atoms with E-state index in [1.54, 1.807) is 40.4 Å². The zero-order valence-corrected chi connectivity index (χ0v) is 14.9. The third-order valence-electron chi connectivity index (χ3n) is 5.02. The Kier molecular flexibility index (Phi) is 3.33. The predicted octanol–water partition coefficient (Wildman–Crippen LogP) is 2.49. The number of carbonyl (C=O) groups excluding carboxylic acids is 1. The third-order valence-corrected chi connectivity index (χ3v) is 6.22. The number of hydrogen-bond donors (Lipinski definition) is 0. The van der Waals surface area contributed by atoms with E-state index in [0.29, 0.717) is 17.3 Å². The van der Waals surface area contributed by atoms with Crippen LogP contribution in [0.1, 0.15) is 34.1 Å². The lowest BCUT2D eigenvalue weighted by Gasteiger charge is -2.17. The number of thiophene rings is 1. The van der Waals surface area contributed by atoms with E-state index in [1.807, 2.05) is 0 Å². The molecule has 6 nitrogen and oxygen atoms in total. The average Bonchev–Trinajstić information content (AvgIpc) is 3.22. The van der Waals surface area contributed by atoms with Crippen molar-refractivity contribution in [3.8, 4) is 11.4 Å². The monoisotopic (exact) mass is 363 g/mol. The second-order valence-corrected chi connectivity index (χ2v) is 7.90. The van der Waals surface area contributed by atoms with E-state index in [0.717, 1.165) is 28.7 Å². The Balaban J connectivity index is 1.77. The molecule has 1 aliphatic rings. The van der Waals surface area contributed by atoms with Crippen LogP contribution in [0.25, 0.3) is 27.3 Å². The van der Waals surface area contributed by atoms with Gasteiger partial charge in [-0.3, -0.25) is 0 Å². The van der Waals surface area contributed by atoms with Crippen molar-refractivity contribution in [2.75, 3.05) is 0 Å². The largest absolute Gasteiger partial charge is 0.545 e. The molecule has 4 aromatic rings. The second kappa shape index (κ2) is 5.60. The molecule has 130 valence electrons. The van der Waals surface area contributed by atoms with Gasteiger partial charge in [-0.1, -0.05) is 31.2 Å². The van der Waals surface area contributed by atoms with Crippen LogP contribution < -0.4 is 5.11 Å². The molecule has 5 rings (SSSR count). The van der Waals surface area contributed by atoms with Crippen molar-refractivity contribution in [1.82, 2.24) is 19.6 Å². The fourth-order valence-electron chi connectivity index (χ4n) is 3.72. The SMILES string of the molecule is C[C@H]1CCc2sc3ncn4nc(-c5ccccc5C(=O)[O-])nc4c3c2C1. The van der Waals surface area contributed by atoms with E-state index in [2.05, 4.69) is 22.0 Å². The smallest absolute Gasteiger partial charge is 0.182 e. The molecule has 0 fully saturated rings. The third kappa shape index (κ3) is 2.24. The van der Waals surface area contributed by atoms with Gasteiger partial charge in [0.2, 0.25) is 0 Å². The lowest BCUT2D eigenvalue weighted by Crippen LogP contribution is -2.23. The molecule has 0 N–H and O–H groups in total. The van der Waals surface area contributed by atoms with Gasteiger partial charge in [0.05, 0.1) is 11.4 Å². The zero-order chi connectivity index (χ0) is 17.8. The standard InChI is InChI=1S/C19H16N4O2S/c1-10-6-7-14-13(8-10)15-17-21-16(22-23(17)9-20-18(15)26-14)11-4-2-3-5-12(11)19(24)25/h2-5,9-10H,6-8H2,1H3,(H,24,25)/p-1/t10-/m0/s1. The molecule has 7 heteroatoms. The van der Waals surface area contributed by atoms with Gasteiger partial charge in [0.15, 0.2) is 11.5 Å². The fourth-order valence-corrected chi connectivity index (χ4v) is 4.90. The summed E-state index contributed by atoms with van der Waals surface area (Å²) >= 11 is 1.73. The number of benzene rings is 1. The van der Waals surface area contributed by atoms with E-state index >= 15 is 0 Å². The number of carboxylic acids is 1. The lowest BCUT2D eigenvalue weighted by atomic mass is 9.89. The summed E-state index contributed by atoms with van der Waals surface area (Å²) in [4.78, 5) is 23.0. The first-order valence-corrected chi connectivity index (χ1v) is 9.40. The minimum absolute atomic E-state index is 0.0913. The molecule has 0 bridgehead atoms. The van der Waals surface area contributed by atoms with Crippen LogP contribution in [0, 0.1) is 5.92 Å². The van der Waals surface area contributed by atoms with Crippen molar-refractivity contribution in [2.45, 2.75) is 26.2 Å². The molecule has 0 unspecified atom stereocenters. The summed E-state index contributed by atoms with van der Waals surface area (Å²) < 4.78 is 1.65. The van der Waals surface area contributed by atoms with Gasteiger partial charge in [-0.2, -0.15) is 0 Å². The van der Waals surface area contributed by atoms with Crippen molar-refractivity contribution in [2.24, 2.45) is 5.92 Å². The maximum atomic E-state index is 11.4. The highest BCUT2D eigenvalue weighted by Gasteiger charge is 2.24. The molecule has 26 heavy (non-hydrogen) atoms. The number of fused-ring (bicyclic) bond motifs is 5. The number of aryl methyl sites for hydroxylation is 1. The van der Waals surface area contributed by atoms with Crippen LogP contribution in [0.4, 0.5) is 0 Å². The van der Waals surface area contributed by atoms with Crippen molar-refractivity contribution >= 4 is 33.2 Å². The van der Waals surface area contributed by atoms with E-state index in [-0.39, 0.29) is 5.56 Å². The van der Waals surface area contributed by atoms with Crippen LogP contribution in [-0.2, 0) is 12.8 Å². The second-order valence-electron chi connectivity index (χ2n) is 6.81. The molecular weight excluding hydrogens is 348 g/mol. The highest BCUT2D eigenvalue weighted by Crippen LogP contribution is 2.39. The first kappa shape index (κ1) is 15.5. The Bertz CT molecular complexity index is 1180. The molecule has 0 saturated heterocycles. The van der Waals surface area contributed by atoms with Crippen LogP contribution >= 0.6 is 11.3 Å². The summed E-state index contributed by atoms with van der Waals surface area (Å²) in [7, 11) is 0. The molecule has 1 atom stereocenters. The average molecular weight is 363 g/mol. The molecule has 0 saturated carbocycles. The molecule has 1 aromatic carbocycles. The van der Waals surface area contributed by atoms with Gasteiger partial charge in [0.1, 0.15) is 11.2 Å². The van der Waals surface area contributed by atoms with Crippen molar-refractivity contribution in [1.29, 1.82) is 0 Å². The number of carboxylic acid groups (broad SMARTS) is 1. The highest BCUT2D eigenvalue weighted by molar-refractivity contribution is 7.19. The zero-order valence-electron chi connectivity index (χ0n) is 14.1. The van der Waals surface area contributed by atoms with E-state index in [9.17, 15) is 9.90 Å². The topological polar surface area (TPSA) is 83.2 Å². The molecule has 3 heterocycles. The Labute approximate surface area is 153 Å². The summed E-state index contributed by atoms with van der Waals surface area (Å²) in [6.45, 7) is 2.27. The number of hydrogen-bond acceptors (Lipinski definition) is 6. The number of aromatic nitrogens is 4. The van der Waals surface area contributed by atoms with Crippen LogP contribution in [0.2, 0.25) is 0 Å². The lowest BCUT2D eigenvalue weighted by molar-refractivity contribution is -0.254. The summed E-state index contributed by atoms with van der Waals surface area (Å²) in [5.41, 5.74) is 2.62. The van der Waals surface area contributed by atoms with Gasteiger partial charge < -0.3 is 9.90 Å². The molecule has 0 radical (unpaired) electrons. The van der Waals surface area contributed by atoms with Gasteiger partial charge in [0, 0.05) is 16.0 Å². The Morgan fingerprint density at radius 1 is 1.35 bits per heavy atom. The van der Waals surface area contributed by atoms with E-state index < -0.39 is 5.97 Å². The minimum atomic E-state index is -1.23.